The smallest absolute Gasteiger partial charge is 0.236 e. The molecular weight excluding hydrogens is 468 g/mol. The van der Waals surface area contributed by atoms with Crippen molar-refractivity contribution in [2.45, 2.75) is 32.2 Å². The summed E-state index contributed by atoms with van der Waals surface area (Å²) in [6.45, 7) is 5.26. The number of para-hydroxylation sites is 2. The maximum atomic E-state index is 13.3. The lowest BCUT2D eigenvalue weighted by atomic mass is 10.1. The Labute approximate surface area is 218 Å². The quantitative estimate of drug-likeness (QED) is 0.535. The molecule has 0 unspecified atom stereocenters. The molecule has 1 fully saturated rings. The molecule has 9 nitrogen and oxygen atoms in total. The number of pyridine rings is 1. The van der Waals surface area contributed by atoms with Gasteiger partial charge in [-0.15, -0.1) is 0 Å². The van der Waals surface area contributed by atoms with Gasteiger partial charge < -0.3 is 19.3 Å². The Morgan fingerprint density at radius 3 is 2.38 bits per heavy atom. The number of anilines is 1. The van der Waals surface area contributed by atoms with E-state index in [1.807, 2.05) is 47.4 Å². The molecule has 1 amide bonds. The zero-order valence-corrected chi connectivity index (χ0v) is 21.2. The molecule has 1 aromatic carbocycles. The van der Waals surface area contributed by atoms with Gasteiger partial charge in [-0.2, -0.15) is 0 Å². The molecule has 37 heavy (non-hydrogen) atoms. The molecule has 0 N–H and O–H groups in total. The minimum atomic E-state index is 0.153. The monoisotopic (exact) mass is 502 g/mol. The lowest BCUT2D eigenvalue weighted by Crippen LogP contribution is -2.51. The Kier molecular flexibility index (Phi) is 8.43. The molecule has 5 rings (SSSR count). The molecule has 4 heterocycles. The number of hydrogen-bond acceptors (Lipinski definition) is 8. The maximum absolute atomic E-state index is 13.3. The summed E-state index contributed by atoms with van der Waals surface area (Å²) in [5.74, 6) is 2.80. The van der Waals surface area contributed by atoms with E-state index in [1.54, 1.807) is 18.6 Å². The van der Waals surface area contributed by atoms with Crippen molar-refractivity contribution in [2.24, 2.45) is 0 Å². The van der Waals surface area contributed by atoms with E-state index in [9.17, 15) is 4.79 Å². The van der Waals surface area contributed by atoms with Gasteiger partial charge in [-0.05, 0) is 43.7 Å². The Balaban J connectivity index is 1.27. The minimum Gasteiger partial charge on any atom is -0.490 e. The highest BCUT2D eigenvalue weighted by Gasteiger charge is 2.24. The van der Waals surface area contributed by atoms with Crippen LogP contribution in [0.1, 0.15) is 31.2 Å². The summed E-state index contributed by atoms with van der Waals surface area (Å²) in [6, 6.07) is 13.5. The number of rotatable bonds is 3. The number of carbonyl (C=O) groups excluding carboxylic acids is 1. The van der Waals surface area contributed by atoms with Crippen molar-refractivity contribution in [3.63, 3.8) is 0 Å². The number of hydrogen-bond donors (Lipinski definition) is 0. The van der Waals surface area contributed by atoms with Gasteiger partial charge in [-0.1, -0.05) is 31.0 Å². The number of ether oxygens (including phenoxy) is 2. The third-order valence-corrected chi connectivity index (χ3v) is 6.75. The van der Waals surface area contributed by atoms with Crippen LogP contribution < -0.4 is 14.4 Å². The third-order valence-electron chi connectivity index (χ3n) is 6.75. The number of carbonyl (C=O) groups is 1. The highest BCUT2D eigenvalue weighted by Crippen LogP contribution is 2.32. The molecule has 1 saturated heterocycles. The summed E-state index contributed by atoms with van der Waals surface area (Å²) < 4.78 is 12.2. The molecule has 2 aliphatic rings. The van der Waals surface area contributed by atoms with Gasteiger partial charge in [0.15, 0.2) is 11.5 Å². The van der Waals surface area contributed by atoms with Crippen LogP contribution in [0.15, 0.2) is 61.1 Å². The Hall–Kier alpha value is -3.72. The molecule has 0 radical (unpaired) electrons. The zero-order chi connectivity index (χ0) is 25.3. The van der Waals surface area contributed by atoms with Gasteiger partial charge in [-0.3, -0.25) is 9.69 Å². The van der Waals surface area contributed by atoms with E-state index in [2.05, 4.69) is 24.8 Å². The lowest BCUT2D eigenvalue weighted by Gasteiger charge is -2.35. The summed E-state index contributed by atoms with van der Waals surface area (Å²) in [5, 5.41) is 0. The molecule has 0 saturated carbocycles. The van der Waals surface area contributed by atoms with E-state index >= 15 is 0 Å². The van der Waals surface area contributed by atoms with Crippen LogP contribution in [0.25, 0.3) is 0 Å². The number of fused-ring (bicyclic) bond motifs is 2. The molecule has 9 heteroatoms. The van der Waals surface area contributed by atoms with Crippen LogP contribution >= 0.6 is 0 Å². The second kappa shape index (κ2) is 12.5. The van der Waals surface area contributed by atoms with Gasteiger partial charge in [-0.25, -0.2) is 15.0 Å². The van der Waals surface area contributed by atoms with Gasteiger partial charge in [0.1, 0.15) is 0 Å². The van der Waals surface area contributed by atoms with Gasteiger partial charge >= 0.3 is 0 Å². The Morgan fingerprint density at radius 2 is 1.54 bits per heavy atom. The lowest BCUT2D eigenvalue weighted by molar-refractivity contribution is -0.132. The molecule has 0 spiro atoms. The van der Waals surface area contributed by atoms with Gasteiger partial charge in [0.2, 0.25) is 17.7 Å². The van der Waals surface area contributed by atoms with Gasteiger partial charge in [0, 0.05) is 56.9 Å². The normalized spacial score (nSPS) is 17.5. The first-order valence-electron chi connectivity index (χ1n) is 13.1. The average molecular weight is 503 g/mol. The van der Waals surface area contributed by atoms with Crippen LogP contribution in [0.3, 0.4) is 0 Å². The molecule has 3 aromatic rings. The SMILES string of the molecule is O=C(CN1CCCCCCOc2ccccc2Oc2ncccc2C1)N1CCN(c2ncccn2)CC1. The highest BCUT2D eigenvalue weighted by molar-refractivity contribution is 5.78. The van der Waals surface area contributed by atoms with Crippen molar-refractivity contribution in [1.29, 1.82) is 0 Å². The van der Waals surface area contributed by atoms with E-state index in [1.165, 1.54) is 0 Å². The summed E-state index contributed by atoms with van der Waals surface area (Å²) in [6.07, 6.45) is 9.44. The standard InChI is InChI=1S/C28H34N6O3/c35-26(33-16-18-34(19-17-33)28-30-13-8-14-31-28)22-32-15-5-1-2-6-20-36-24-10-3-4-11-25(24)37-27-23(21-32)9-7-12-29-27/h3-4,7-14H,1-2,5-6,15-22H2. The van der Waals surface area contributed by atoms with E-state index in [0.717, 1.165) is 62.6 Å². The van der Waals surface area contributed by atoms with Crippen LogP contribution in [0.5, 0.6) is 17.4 Å². The highest BCUT2D eigenvalue weighted by atomic mass is 16.5. The molecule has 0 aliphatic carbocycles. The van der Waals surface area contributed by atoms with Gasteiger partial charge in [0.25, 0.3) is 0 Å². The van der Waals surface area contributed by atoms with E-state index < -0.39 is 0 Å². The van der Waals surface area contributed by atoms with E-state index in [-0.39, 0.29) is 5.91 Å². The number of benzene rings is 1. The molecule has 2 aromatic heterocycles. The number of amides is 1. The first kappa shape index (κ1) is 25.0. The van der Waals surface area contributed by atoms with E-state index in [0.29, 0.717) is 44.4 Å². The summed E-state index contributed by atoms with van der Waals surface area (Å²) in [7, 11) is 0. The van der Waals surface area contributed by atoms with Crippen molar-refractivity contribution < 1.29 is 14.3 Å². The summed E-state index contributed by atoms with van der Waals surface area (Å²) in [5.41, 5.74) is 0.952. The average Bonchev–Trinajstić information content (AvgIpc) is 2.94. The van der Waals surface area contributed by atoms with Crippen molar-refractivity contribution in [2.75, 3.05) is 50.8 Å². The topological polar surface area (TPSA) is 83.9 Å². The Bertz CT molecular complexity index is 1150. The van der Waals surface area contributed by atoms with Gasteiger partial charge in [0.05, 0.1) is 13.2 Å². The fourth-order valence-corrected chi connectivity index (χ4v) is 4.72. The van der Waals surface area contributed by atoms with Crippen LogP contribution in [0.4, 0.5) is 5.95 Å². The van der Waals surface area contributed by atoms with Crippen LogP contribution in [0, 0.1) is 0 Å². The largest absolute Gasteiger partial charge is 0.490 e. The van der Waals surface area contributed by atoms with Crippen molar-refractivity contribution in [3.05, 3.63) is 66.6 Å². The molecule has 0 bridgehead atoms. The van der Waals surface area contributed by atoms with Crippen LogP contribution in [0.2, 0.25) is 0 Å². The van der Waals surface area contributed by atoms with Crippen molar-refractivity contribution >= 4 is 11.9 Å². The molecule has 194 valence electrons. The fraction of sp³-hybridized carbons (Fsp3) is 0.429. The predicted octanol–water partition coefficient (Wildman–Crippen LogP) is 3.77. The fourth-order valence-electron chi connectivity index (χ4n) is 4.72. The minimum absolute atomic E-state index is 0.153. The molecular formula is C28H34N6O3. The molecule has 2 aliphatic heterocycles. The number of piperazine rings is 1. The second-order valence-electron chi connectivity index (χ2n) is 9.41. The van der Waals surface area contributed by atoms with Crippen molar-refractivity contribution in [1.82, 2.24) is 24.8 Å². The van der Waals surface area contributed by atoms with Crippen LogP contribution in [-0.4, -0.2) is 76.5 Å². The summed E-state index contributed by atoms with van der Waals surface area (Å²) >= 11 is 0. The first-order chi connectivity index (χ1) is 18.3. The summed E-state index contributed by atoms with van der Waals surface area (Å²) in [4.78, 5) is 32.8. The zero-order valence-electron chi connectivity index (χ0n) is 21.2. The first-order valence-corrected chi connectivity index (χ1v) is 13.1. The Morgan fingerprint density at radius 1 is 0.784 bits per heavy atom. The van der Waals surface area contributed by atoms with Crippen LogP contribution in [-0.2, 0) is 11.3 Å². The van der Waals surface area contributed by atoms with E-state index in [4.69, 9.17) is 9.47 Å². The number of nitrogens with zero attached hydrogens (tertiary/aromatic N) is 6. The predicted molar refractivity (Wildman–Crippen MR) is 141 cm³/mol. The van der Waals surface area contributed by atoms with Crippen molar-refractivity contribution in [3.8, 4) is 17.4 Å². The maximum Gasteiger partial charge on any atom is 0.236 e. The molecule has 0 atom stereocenters. The number of aromatic nitrogens is 3. The third kappa shape index (κ3) is 6.74. The second-order valence-corrected chi connectivity index (χ2v) is 9.41.